The van der Waals surface area contributed by atoms with Crippen molar-refractivity contribution in [1.29, 1.82) is 0 Å². The molecule has 1 aromatic rings. The van der Waals surface area contributed by atoms with Crippen molar-refractivity contribution in [2.75, 3.05) is 0 Å². The summed E-state index contributed by atoms with van der Waals surface area (Å²) in [5.74, 6) is 0.0833. The van der Waals surface area contributed by atoms with Crippen molar-refractivity contribution in [2.45, 2.75) is 32.1 Å². The molecule has 0 spiro atoms. The molecular weight excluding hydrogens is 182 g/mol. The number of nitrogens with zero attached hydrogens (tertiary/aromatic N) is 1. The zero-order valence-corrected chi connectivity index (χ0v) is 7.84. The van der Waals surface area contributed by atoms with Gasteiger partial charge in [0.2, 0.25) is 5.88 Å². The van der Waals surface area contributed by atoms with Crippen LogP contribution in [0.5, 0.6) is 5.88 Å². The summed E-state index contributed by atoms with van der Waals surface area (Å²) in [4.78, 5) is 19.7. The number of nitrogens with one attached hydrogen (secondary N) is 2. The van der Waals surface area contributed by atoms with Crippen molar-refractivity contribution < 1.29 is 5.11 Å². The molecule has 0 aromatic carbocycles. The quantitative estimate of drug-likeness (QED) is 0.633. The fourth-order valence-corrected chi connectivity index (χ4v) is 1.68. The predicted molar refractivity (Wildman–Crippen MR) is 53.3 cm³/mol. The Morgan fingerprint density at radius 1 is 1.14 bits per heavy atom. The minimum atomic E-state index is -0.419. The summed E-state index contributed by atoms with van der Waals surface area (Å²) >= 11 is 0. The normalized spacial score (nSPS) is 17.0. The molecule has 1 saturated carbocycles. The maximum absolute atomic E-state index is 10.8. The van der Waals surface area contributed by atoms with Crippen molar-refractivity contribution in [1.82, 2.24) is 9.97 Å². The number of aromatic amines is 2. The molecule has 1 aromatic heterocycles. The van der Waals surface area contributed by atoms with Gasteiger partial charge in [-0.1, -0.05) is 6.42 Å². The van der Waals surface area contributed by atoms with Gasteiger partial charge >= 0.3 is 5.69 Å². The van der Waals surface area contributed by atoms with Gasteiger partial charge in [-0.3, -0.25) is 9.97 Å². The van der Waals surface area contributed by atoms with E-state index >= 15 is 0 Å². The van der Waals surface area contributed by atoms with Gasteiger partial charge in [-0.25, -0.2) is 9.79 Å². The molecule has 1 heterocycles. The van der Waals surface area contributed by atoms with E-state index in [2.05, 4.69) is 15.0 Å². The van der Waals surface area contributed by atoms with E-state index in [1.54, 1.807) is 0 Å². The molecule has 1 fully saturated rings. The zero-order chi connectivity index (χ0) is 9.97. The largest absolute Gasteiger partial charge is 0.492 e. The molecule has 1 aliphatic carbocycles. The van der Waals surface area contributed by atoms with Crippen molar-refractivity contribution in [3.63, 3.8) is 0 Å². The van der Waals surface area contributed by atoms with Gasteiger partial charge in [0.05, 0.1) is 0 Å². The Kier molecular flexibility index (Phi) is 2.39. The van der Waals surface area contributed by atoms with Crippen molar-refractivity contribution >= 4 is 11.5 Å². The van der Waals surface area contributed by atoms with Crippen LogP contribution in [0.1, 0.15) is 32.1 Å². The van der Waals surface area contributed by atoms with Gasteiger partial charge in [0, 0.05) is 5.71 Å². The summed E-state index contributed by atoms with van der Waals surface area (Å²) in [6, 6.07) is 0. The summed E-state index contributed by atoms with van der Waals surface area (Å²) in [5, 5.41) is 9.27. The number of hydrogen-bond acceptors (Lipinski definition) is 3. The van der Waals surface area contributed by atoms with Gasteiger partial charge in [0.25, 0.3) is 0 Å². The van der Waals surface area contributed by atoms with E-state index in [0.717, 1.165) is 31.4 Å². The lowest BCUT2D eigenvalue weighted by Gasteiger charge is -2.11. The van der Waals surface area contributed by atoms with E-state index in [-0.39, 0.29) is 11.7 Å². The first-order valence-electron chi connectivity index (χ1n) is 4.83. The van der Waals surface area contributed by atoms with Crippen molar-refractivity contribution in [3.8, 4) is 5.88 Å². The molecule has 3 N–H and O–H groups in total. The van der Waals surface area contributed by atoms with Crippen LogP contribution in [0.2, 0.25) is 0 Å². The average Bonchev–Trinajstić information content (AvgIpc) is 2.47. The molecule has 0 atom stereocenters. The highest BCUT2D eigenvalue weighted by Crippen LogP contribution is 2.22. The first kappa shape index (κ1) is 9.05. The second-order valence-corrected chi connectivity index (χ2v) is 3.52. The summed E-state index contributed by atoms with van der Waals surface area (Å²) in [5.41, 5.74) is 0.638. The molecule has 1 aliphatic rings. The predicted octanol–water partition coefficient (Wildman–Crippen LogP) is 1.45. The second kappa shape index (κ2) is 3.69. The third-order valence-electron chi connectivity index (χ3n) is 2.39. The number of imidazole rings is 1. The van der Waals surface area contributed by atoms with Crippen LogP contribution in [0.25, 0.3) is 0 Å². The van der Waals surface area contributed by atoms with Crippen LogP contribution in [-0.4, -0.2) is 20.8 Å². The molecular formula is C9H13N3O2. The van der Waals surface area contributed by atoms with Gasteiger partial charge in [0.1, 0.15) is 0 Å². The topological polar surface area (TPSA) is 81.2 Å². The van der Waals surface area contributed by atoms with E-state index in [9.17, 15) is 9.90 Å². The molecule has 0 radical (unpaired) electrons. The molecule has 0 amide bonds. The summed E-state index contributed by atoms with van der Waals surface area (Å²) < 4.78 is 0. The first-order chi connectivity index (χ1) is 6.75. The molecule has 2 rings (SSSR count). The summed E-state index contributed by atoms with van der Waals surface area (Å²) in [6.07, 6.45) is 5.47. The fourth-order valence-electron chi connectivity index (χ4n) is 1.68. The molecule has 0 bridgehead atoms. The van der Waals surface area contributed by atoms with Crippen LogP contribution in [0.15, 0.2) is 9.79 Å². The van der Waals surface area contributed by atoms with Gasteiger partial charge < -0.3 is 5.11 Å². The maximum atomic E-state index is 10.8. The monoisotopic (exact) mass is 195 g/mol. The maximum Gasteiger partial charge on any atom is 0.327 e. The van der Waals surface area contributed by atoms with Crippen LogP contribution < -0.4 is 5.69 Å². The number of aromatic nitrogens is 2. The van der Waals surface area contributed by atoms with Crippen molar-refractivity contribution in [3.05, 3.63) is 10.5 Å². The highest BCUT2D eigenvalue weighted by Gasteiger charge is 2.09. The molecule has 5 nitrogen and oxygen atoms in total. The number of H-pyrrole nitrogens is 2. The lowest BCUT2D eigenvalue weighted by Crippen LogP contribution is -2.04. The van der Waals surface area contributed by atoms with Gasteiger partial charge in [-0.2, -0.15) is 0 Å². The van der Waals surface area contributed by atoms with Gasteiger partial charge in [0.15, 0.2) is 5.82 Å². The van der Waals surface area contributed by atoms with Crippen molar-refractivity contribution in [2.24, 2.45) is 4.99 Å². The van der Waals surface area contributed by atoms with Crippen LogP contribution >= 0.6 is 0 Å². The number of aliphatic imine (C=N–C) groups is 1. The van der Waals surface area contributed by atoms with E-state index in [1.165, 1.54) is 6.42 Å². The Balaban J connectivity index is 2.23. The molecule has 0 unspecified atom stereocenters. The Morgan fingerprint density at radius 2 is 1.86 bits per heavy atom. The summed E-state index contributed by atoms with van der Waals surface area (Å²) in [7, 11) is 0. The van der Waals surface area contributed by atoms with Crippen LogP contribution in [0.4, 0.5) is 5.82 Å². The molecule has 0 saturated heterocycles. The fraction of sp³-hybridized carbons (Fsp3) is 0.556. The summed E-state index contributed by atoms with van der Waals surface area (Å²) in [6.45, 7) is 0. The second-order valence-electron chi connectivity index (χ2n) is 3.52. The van der Waals surface area contributed by atoms with Gasteiger partial charge in [-0.15, -0.1) is 0 Å². The zero-order valence-electron chi connectivity index (χ0n) is 7.84. The standard InChI is InChI=1S/C9H13N3O2/c13-8-7(11-9(14)12-8)10-6-4-2-1-3-5-6/h13H,1-5H2,(H2,11,12,14). The minimum absolute atomic E-state index is 0.173. The smallest absolute Gasteiger partial charge is 0.327 e. The van der Waals surface area contributed by atoms with Crippen LogP contribution in [-0.2, 0) is 0 Å². The lowest BCUT2D eigenvalue weighted by atomic mass is 9.99. The van der Waals surface area contributed by atoms with E-state index in [0.29, 0.717) is 0 Å². The van der Waals surface area contributed by atoms with E-state index in [4.69, 9.17) is 0 Å². The SMILES string of the molecule is O=c1[nH]c(O)c(N=C2CCCCC2)[nH]1. The highest BCUT2D eigenvalue weighted by atomic mass is 16.3. The number of hydrogen-bond donors (Lipinski definition) is 3. The molecule has 0 aliphatic heterocycles. The number of aromatic hydroxyl groups is 1. The molecule has 14 heavy (non-hydrogen) atoms. The Hall–Kier alpha value is -1.52. The number of rotatable bonds is 1. The third-order valence-corrected chi connectivity index (χ3v) is 2.39. The third kappa shape index (κ3) is 1.86. The van der Waals surface area contributed by atoms with Gasteiger partial charge in [-0.05, 0) is 25.7 Å². The Bertz CT molecular complexity index is 394. The van der Waals surface area contributed by atoms with E-state index in [1.807, 2.05) is 0 Å². The van der Waals surface area contributed by atoms with E-state index < -0.39 is 5.69 Å². The van der Waals surface area contributed by atoms with Crippen LogP contribution in [0.3, 0.4) is 0 Å². The molecule has 76 valence electrons. The first-order valence-corrected chi connectivity index (χ1v) is 4.83. The molecule has 5 heteroatoms. The average molecular weight is 195 g/mol. The Labute approximate surface area is 80.9 Å². The Morgan fingerprint density at radius 3 is 2.43 bits per heavy atom. The minimum Gasteiger partial charge on any atom is -0.492 e. The van der Waals surface area contributed by atoms with Crippen LogP contribution in [0, 0.1) is 0 Å². The highest BCUT2D eigenvalue weighted by molar-refractivity contribution is 5.87. The lowest BCUT2D eigenvalue weighted by molar-refractivity contribution is 0.457.